The van der Waals surface area contributed by atoms with E-state index in [0.29, 0.717) is 36.0 Å². The van der Waals surface area contributed by atoms with Gasteiger partial charge in [0.2, 0.25) is 0 Å². The van der Waals surface area contributed by atoms with Crippen LogP contribution >= 0.6 is 0 Å². The highest BCUT2D eigenvalue weighted by molar-refractivity contribution is 5.98. The van der Waals surface area contributed by atoms with E-state index in [9.17, 15) is 14.7 Å². The van der Waals surface area contributed by atoms with E-state index in [-0.39, 0.29) is 25.0 Å². The molecule has 8 heteroatoms. The lowest BCUT2D eigenvalue weighted by Crippen LogP contribution is -2.40. The fourth-order valence-electron chi connectivity index (χ4n) is 3.56. The zero-order valence-electron chi connectivity index (χ0n) is 14.4. The number of hydrogen-bond acceptors (Lipinski definition) is 6. The van der Waals surface area contributed by atoms with Gasteiger partial charge in [0.15, 0.2) is 11.5 Å². The molecule has 0 aliphatic carbocycles. The third-order valence-corrected chi connectivity index (χ3v) is 5.02. The summed E-state index contributed by atoms with van der Waals surface area (Å²) in [7, 11) is 4.44. The minimum absolute atomic E-state index is 0.114. The van der Waals surface area contributed by atoms with E-state index in [1.54, 1.807) is 17.0 Å². The van der Waals surface area contributed by atoms with E-state index in [4.69, 9.17) is 18.9 Å². The van der Waals surface area contributed by atoms with Gasteiger partial charge in [-0.3, -0.25) is 9.59 Å². The molecule has 2 heterocycles. The van der Waals surface area contributed by atoms with Gasteiger partial charge >= 0.3 is 5.97 Å². The van der Waals surface area contributed by atoms with Crippen LogP contribution in [0.2, 0.25) is 0 Å². The number of carboxylic acid groups (broad SMARTS) is 1. The summed E-state index contributed by atoms with van der Waals surface area (Å²) in [5, 5.41) is 9.62. The maximum absolute atomic E-state index is 13.0. The zero-order valence-corrected chi connectivity index (χ0v) is 14.4. The number of likely N-dealkylation sites (tertiary alicyclic amines) is 1. The second-order valence-corrected chi connectivity index (χ2v) is 6.27. The van der Waals surface area contributed by atoms with Crippen LogP contribution in [0.25, 0.3) is 0 Å². The number of methoxy groups -OCH3 is 3. The van der Waals surface area contributed by atoms with E-state index >= 15 is 0 Å². The summed E-state index contributed by atoms with van der Waals surface area (Å²) >= 11 is 0. The zero-order chi connectivity index (χ0) is 18.2. The third-order valence-electron chi connectivity index (χ3n) is 5.02. The fraction of sp³-hybridized carbons (Fsp3) is 0.529. The van der Waals surface area contributed by atoms with Crippen LogP contribution < -0.4 is 14.2 Å². The average Bonchev–Trinajstić information content (AvgIpc) is 3.18. The standard InChI is InChI=1S/C17H21NO7/c1-22-12-5-14(24-3)13(23-2)4-11(12)15(19)18-6-10-7-25-9-17(10,8-18)16(20)21/h4-5,10H,6-9H2,1-3H3,(H,20,21)/t10-,17-/m1/s1. The molecule has 25 heavy (non-hydrogen) atoms. The Hall–Kier alpha value is -2.48. The molecule has 3 rings (SSSR count). The molecule has 2 fully saturated rings. The highest BCUT2D eigenvalue weighted by Crippen LogP contribution is 2.43. The smallest absolute Gasteiger partial charge is 0.314 e. The molecule has 1 N–H and O–H groups in total. The Labute approximate surface area is 145 Å². The first kappa shape index (κ1) is 17.3. The first-order valence-corrected chi connectivity index (χ1v) is 7.87. The number of aliphatic carboxylic acids is 1. The molecule has 2 aliphatic rings. The van der Waals surface area contributed by atoms with Crippen molar-refractivity contribution in [3.05, 3.63) is 17.7 Å². The number of nitrogens with zero attached hydrogens (tertiary/aromatic N) is 1. The number of rotatable bonds is 5. The first-order chi connectivity index (χ1) is 12.0. The second-order valence-electron chi connectivity index (χ2n) is 6.27. The Kier molecular flexibility index (Phi) is 4.47. The summed E-state index contributed by atoms with van der Waals surface area (Å²) in [6, 6.07) is 3.14. The molecule has 0 saturated carbocycles. The minimum atomic E-state index is -1.03. The SMILES string of the molecule is COc1cc(OC)c(C(=O)N2C[C@@H]3COC[C@]3(C(=O)O)C2)cc1OC. The molecule has 8 nitrogen and oxygen atoms in total. The van der Waals surface area contributed by atoms with Crippen molar-refractivity contribution in [3.8, 4) is 17.2 Å². The van der Waals surface area contributed by atoms with Gasteiger partial charge in [-0.2, -0.15) is 0 Å². The van der Waals surface area contributed by atoms with Gasteiger partial charge in [-0.25, -0.2) is 0 Å². The van der Waals surface area contributed by atoms with Crippen molar-refractivity contribution in [1.82, 2.24) is 4.90 Å². The fourth-order valence-corrected chi connectivity index (χ4v) is 3.56. The summed E-state index contributed by atoms with van der Waals surface area (Å²) in [6.07, 6.45) is 0. The van der Waals surface area contributed by atoms with Gasteiger partial charge < -0.3 is 29.0 Å². The summed E-state index contributed by atoms with van der Waals surface area (Å²) in [6.45, 7) is 0.922. The molecule has 0 spiro atoms. The van der Waals surface area contributed by atoms with Gasteiger partial charge in [0.05, 0.1) is 40.1 Å². The quantitative estimate of drug-likeness (QED) is 0.842. The predicted octanol–water partition coefficient (Wildman–Crippen LogP) is 0.886. The van der Waals surface area contributed by atoms with Crippen molar-refractivity contribution in [1.29, 1.82) is 0 Å². The van der Waals surface area contributed by atoms with Gasteiger partial charge in [0, 0.05) is 31.1 Å². The van der Waals surface area contributed by atoms with Crippen molar-refractivity contribution in [2.24, 2.45) is 11.3 Å². The molecule has 2 atom stereocenters. The first-order valence-electron chi connectivity index (χ1n) is 7.87. The van der Waals surface area contributed by atoms with Gasteiger partial charge in [-0.1, -0.05) is 0 Å². The summed E-state index contributed by atoms with van der Waals surface area (Å²) < 4.78 is 21.1. The number of ether oxygens (including phenoxy) is 4. The number of amides is 1. The summed E-state index contributed by atoms with van der Waals surface area (Å²) in [4.78, 5) is 26.3. The number of carboxylic acids is 1. The van der Waals surface area contributed by atoms with Crippen molar-refractivity contribution >= 4 is 11.9 Å². The monoisotopic (exact) mass is 351 g/mol. The van der Waals surface area contributed by atoms with E-state index in [1.807, 2.05) is 0 Å². The normalized spacial score (nSPS) is 24.8. The molecule has 0 bridgehead atoms. The van der Waals surface area contributed by atoms with Crippen LogP contribution in [0, 0.1) is 11.3 Å². The lowest BCUT2D eigenvalue weighted by molar-refractivity contribution is -0.149. The maximum Gasteiger partial charge on any atom is 0.314 e. The van der Waals surface area contributed by atoms with Crippen molar-refractivity contribution in [3.63, 3.8) is 0 Å². The largest absolute Gasteiger partial charge is 0.496 e. The van der Waals surface area contributed by atoms with Gasteiger partial charge in [0.25, 0.3) is 5.91 Å². The minimum Gasteiger partial charge on any atom is -0.496 e. The topological polar surface area (TPSA) is 94.5 Å². The Morgan fingerprint density at radius 2 is 1.80 bits per heavy atom. The lowest BCUT2D eigenvalue weighted by atomic mass is 9.81. The second kappa shape index (κ2) is 6.44. The van der Waals surface area contributed by atoms with Gasteiger partial charge in [0.1, 0.15) is 11.2 Å². The van der Waals surface area contributed by atoms with Gasteiger partial charge in [-0.15, -0.1) is 0 Å². The molecule has 1 amide bonds. The molecular weight excluding hydrogens is 330 g/mol. The number of fused-ring (bicyclic) bond motifs is 1. The molecule has 136 valence electrons. The van der Waals surface area contributed by atoms with Crippen molar-refractivity contribution in [2.75, 3.05) is 47.6 Å². The third kappa shape index (κ3) is 2.66. The molecule has 2 aliphatic heterocycles. The highest BCUT2D eigenvalue weighted by Gasteiger charge is 2.57. The average molecular weight is 351 g/mol. The molecule has 0 unspecified atom stereocenters. The molecule has 1 aromatic carbocycles. The van der Waals surface area contributed by atoms with Gasteiger partial charge in [-0.05, 0) is 0 Å². The van der Waals surface area contributed by atoms with Crippen LogP contribution in [0.5, 0.6) is 17.2 Å². The van der Waals surface area contributed by atoms with Crippen molar-refractivity contribution in [2.45, 2.75) is 0 Å². The molecule has 2 saturated heterocycles. The summed E-state index contributed by atoms with van der Waals surface area (Å²) in [5.41, 5.74) is -0.721. The van der Waals surface area contributed by atoms with Crippen LogP contribution in [0.3, 0.4) is 0 Å². The van der Waals surface area contributed by atoms with Crippen LogP contribution in [0.4, 0.5) is 0 Å². The number of carbonyl (C=O) groups excluding carboxylic acids is 1. The molecule has 0 aromatic heterocycles. The van der Waals surface area contributed by atoms with E-state index < -0.39 is 11.4 Å². The Morgan fingerprint density at radius 1 is 1.16 bits per heavy atom. The van der Waals surface area contributed by atoms with Crippen LogP contribution in [-0.2, 0) is 9.53 Å². The lowest BCUT2D eigenvalue weighted by Gasteiger charge is -2.23. The van der Waals surface area contributed by atoms with E-state index in [0.717, 1.165) is 0 Å². The molecule has 1 aromatic rings. The van der Waals surface area contributed by atoms with Crippen LogP contribution in [0.1, 0.15) is 10.4 Å². The number of hydrogen-bond donors (Lipinski definition) is 1. The van der Waals surface area contributed by atoms with E-state index in [1.165, 1.54) is 21.3 Å². The number of carbonyl (C=O) groups is 2. The van der Waals surface area contributed by atoms with Crippen LogP contribution in [-0.4, -0.2) is 69.5 Å². The van der Waals surface area contributed by atoms with Crippen molar-refractivity contribution < 1.29 is 33.6 Å². The Morgan fingerprint density at radius 3 is 2.36 bits per heavy atom. The van der Waals surface area contributed by atoms with Crippen LogP contribution in [0.15, 0.2) is 12.1 Å². The molecular formula is C17H21NO7. The summed E-state index contributed by atoms with van der Waals surface area (Å²) in [5.74, 6) is -0.232. The molecule has 0 radical (unpaired) electrons. The van der Waals surface area contributed by atoms with E-state index in [2.05, 4.69) is 0 Å². The Balaban J connectivity index is 1.93. The maximum atomic E-state index is 13.0. The highest BCUT2D eigenvalue weighted by atomic mass is 16.5. The number of benzene rings is 1. The Bertz CT molecular complexity index is 704. The predicted molar refractivity (Wildman–Crippen MR) is 86.4 cm³/mol.